The average Bonchev–Trinajstić information content (AvgIpc) is 3.22. The normalized spacial score (nSPS) is 10.5. The first-order valence-corrected chi connectivity index (χ1v) is 10.4. The van der Waals surface area contributed by atoms with Crippen molar-refractivity contribution in [1.29, 1.82) is 0 Å². The summed E-state index contributed by atoms with van der Waals surface area (Å²) in [5.41, 5.74) is 1.79. The van der Waals surface area contributed by atoms with E-state index < -0.39 is 6.09 Å². The van der Waals surface area contributed by atoms with Crippen molar-refractivity contribution in [3.63, 3.8) is 0 Å². The van der Waals surface area contributed by atoms with Gasteiger partial charge in [-0.05, 0) is 30.2 Å². The molecule has 0 atom stereocenters. The van der Waals surface area contributed by atoms with Crippen LogP contribution in [0.2, 0.25) is 5.02 Å². The average molecular weight is 446 g/mol. The number of likely N-dealkylation sites (N-methyl/N-ethyl adjacent to an activating group) is 1. The molecule has 0 aliphatic carbocycles. The molecule has 2 amide bonds. The lowest BCUT2D eigenvalue weighted by Crippen LogP contribution is -2.31. The fourth-order valence-corrected chi connectivity index (χ4v) is 3.51. The number of hydrogen-bond acceptors (Lipinski definition) is 7. The molecule has 0 spiro atoms. The summed E-state index contributed by atoms with van der Waals surface area (Å²) >= 11 is 7.34. The fourth-order valence-electron chi connectivity index (χ4n) is 2.54. The number of pyridine rings is 1. The molecule has 0 fully saturated rings. The van der Waals surface area contributed by atoms with Gasteiger partial charge in [0.1, 0.15) is 11.6 Å². The van der Waals surface area contributed by atoms with Crippen molar-refractivity contribution in [3.05, 3.63) is 59.4 Å². The number of anilines is 1. The first-order valence-electron chi connectivity index (χ1n) is 9.18. The topological polar surface area (TPSA) is 97.3 Å². The highest BCUT2D eigenvalue weighted by Crippen LogP contribution is 2.25. The Morgan fingerprint density at radius 2 is 1.93 bits per heavy atom. The first-order chi connectivity index (χ1) is 14.5. The van der Waals surface area contributed by atoms with Crippen LogP contribution in [0.15, 0.2) is 48.8 Å². The molecular formula is C20H20ClN5O3S. The lowest BCUT2D eigenvalue weighted by Gasteiger charge is -2.17. The molecule has 0 aliphatic heterocycles. The third-order valence-electron chi connectivity index (χ3n) is 4.21. The second-order valence-electron chi connectivity index (χ2n) is 6.32. The zero-order valence-electron chi connectivity index (χ0n) is 16.2. The molecule has 3 rings (SSSR count). The van der Waals surface area contributed by atoms with Crippen molar-refractivity contribution in [3.8, 4) is 10.6 Å². The van der Waals surface area contributed by atoms with Gasteiger partial charge < -0.3 is 9.64 Å². The largest absolute Gasteiger partial charge is 0.447 e. The maximum absolute atomic E-state index is 12.2. The molecular weight excluding hydrogens is 426 g/mol. The zero-order valence-corrected chi connectivity index (χ0v) is 17.8. The van der Waals surface area contributed by atoms with E-state index >= 15 is 0 Å². The van der Waals surface area contributed by atoms with Gasteiger partial charge in [-0.25, -0.2) is 4.79 Å². The number of aromatic nitrogens is 3. The summed E-state index contributed by atoms with van der Waals surface area (Å²) in [6.07, 6.45) is 3.55. The lowest BCUT2D eigenvalue weighted by molar-refractivity contribution is -0.130. The van der Waals surface area contributed by atoms with Crippen LogP contribution >= 0.6 is 22.9 Å². The Balaban J connectivity index is 1.38. The molecule has 2 heterocycles. The maximum Gasteiger partial charge on any atom is 0.413 e. The van der Waals surface area contributed by atoms with Crippen LogP contribution in [-0.2, 0) is 16.0 Å². The molecule has 0 radical (unpaired) electrons. The zero-order chi connectivity index (χ0) is 21.3. The fraction of sp³-hybridized carbons (Fsp3) is 0.250. The number of halogens is 1. The van der Waals surface area contributed by atoms with E-state index in [4.69, 9.17) is 16.3 Å². The van der Waals surface area contributed by atoms with Crippen molar-refractivity contribution < 1.29 is 14.3 Å². The monoisotopic (exact) mass is 445 g/mol. The summed E-state index contributed by atoms with van der Waals surface area (Å²) in [5.74, 6) is -0.0509. The smallest absolute Gasteiger partial charge is 0.413 e. The minimum Gasteiger partial charge on any atom is -0.447 e. The Morgan fingerprint density at radius 1 is 1.17 bits per heavy atom. The second kappa shape index (κ2) is 10.7. The predicted octanol–water partition coefficient (Wildman–Crippen LogP) is 3.89. The number of nitrogens with one attached hydrogen (secondary N) is 1. The number of carbonyl (C=O) groups is 2. The molecule has 8 nitrogen and oxygen atoms in total. The number of ether oxygens (including phenoxy) is 1. The SMILES string of the molecule is CN(CCOC(=O)Nc1nnc(-c2ccncc2)s1)C(=O)CCc1ccccc1Cl. The Bertz CT molecular complexity index is 999. The van der Waals surface area contributed by atoms with Gasteiger partial charge in [0.05, 0.1) is 6.54 Å². The van der Waals surface area contributed by atoms with Gasteiger partial charge in [-0.1, -0.05) is 41.1 Å². The standard InChI is InChI=1S/C20H20ClN5O3S/c1-26(17(27)7-6-14-4-2-3-5-16(14)21)12-13-29-20(28)23-19-25-24-18(30-19)15-8-10-22-11-9-15/h2-5,8-11H,6-7,12-13H2,1H3,(H,23,25,28). The second-order valence-corrected chi connectivity index (χ2v) is 7.70. The van der Waals surface area contributed by atoms with E-state index in [0.29, 0.717) is 28.0 Å². The van der Waals surface area contributed by atoms with Gasteiger partial charge in [-0.2, -0.15) is 0 Å². The third-order valence-corrected chi connectivity index (χ3v) is 5.47. The quantitative estimate of drug-likeness (QED) is 0.564. The van der Waals surface area contributed by atoms with Crippen LogP contribution < -0.4 is 5.32 Å². The van der Waals surface area contributed by atoms with Gasteiger partial charge in [0, 0.05) is 36.4 Å². The molecule has 0 saturated carbocycles. The van der Waals surface area contributed by atoms with Crippen molar-refractivity contribution in [2.75, 3.05) is 25.5 Å². The lowest BCUT2D eigenvalue weighted by atomic mass is 10.1. The summed E-state index contributed by atoms with van der Waals surface area (Å²) in [7, 11) is 1.67. The number of rotatable bonds is 8. The van der Waals surface area contributed by atoms with Crippen LogP contribution in [0.4, 0.5) is 9.93 Å². The summed E-state index contributed by atoms with van der Waals surface area (Å²) in [5, 5.41) is 12.1. The number of hydrogen-bond donors (Lipinski definition) is 1. The van der Waals surface area contributed by atoms with Gasteiger partial charge in [-0.15, -0.1) is 10.2 Å². The first kappa shape index (κ1) is 21.7. The Kier molecular flexibility index (Phi) is 7.69. The molecule has 3 aromatic rings. The predicted molar refractivity (Wildman–Crippen MR) is 116 cm³/mol. The van der Waals surface area contributed by atoms with E-state index in [1.165, 1.54) is 16.2 Å². The highest BCUT2D eigenvalue weighted by Gasteiger charge is 2.13. The molecule has 10 heteroatoms. The summed E-state index contributed by atoms with van der Waals surface area (Å²) < 4.78 is 5.13. The molecule has 0 unspecified atom stereocenters. The Morgan fingerprint density at radius 3 is 2.70 bits per heavy atom. The van der Waals surface area contributed by atoms with Crippen LogP contribution in [0.25, 0.3) is 10.6 Å². The molecule has 1 N–H and O–H groups in total. The molecule has 30 heavy (non-hydrogen) atoms. The highest BCUT2D eigenvalue weighted by molar-refractivity contribution is 7.18. The van der Waals surface area contributed by atoms with Crippen molar-refractivity contribution >= 4 is 40.1 Å². The van der Waals surface area contributed by atoms with E-state index in [1.54, 1.807) is 37.6 Å². The van der Waals surface area contributed by atoms with E-state index in [0.717, 1.165) is 11.1 Å². The Labute approximate surface area is 182 Å². The maximum atomic E-state index is 12.2. The number of amides is 2. The summed E-state index contributed by atoms with van der Waals surface area (Å²) in [6, 6.07) is 11.1. The van der Waals surface area contributed by atoms with Crippen LogP contribution in [0.1, 0.15) is 12.0 Å². The van der Waals surface area contributed by atoms with E-state index in [1.807, 2.05) is 18.2 Å². The molecule has 0 saturated heterocycles. The van der Waals surface area contributed by atoms with Crippen LogP contribution in [0.3, 0.4) is 0 Å². The summed E-state index contributed by atoms with van der Waals surface area (Å²) in [4.78, 5) is 29.6. The highest BCUT2D eigenvalue weighted by atomic mass is 35.5. The van der Waals surface area contributed by atoms with Gasteiger partial charge >= 0.3 is 6.09 Å². The van der Waals surface area contributed by atoms with E-state index in [9.17, 15) is 9.59 Å². The molecule has 156 valence electrons. The minimum absolute atomic E-state index is 0.0509. The minimum atomic E-state index is -0.649. The van der Waals surface area contributed by atoms with Gasteiger partial charge in [0.2, 0.25) is 11.0 Å². The number of nitrogens with zero attached hydrogens (tertiary/aromatic N) is 4. The van der Waals surface area contributed by atoms with Crippen molar-refractivity contribution in [2.45, 2.75) is 12.8 Å². The van der Waals surface area contributed by atoms with Gasteiger partial charge in [-0.3, -0.25) is 15.1 Å². The van der Waals surface area contributed by atoms with Gasteiger partial charge in [0.25, 0.3) is 0 Å². The van der Waals surface area contributed by atoms with Crippen molar-refractivity contribution in [1.82, 2.24) is 20.1 Å². The Hall–Kier alpha value is -3.04. The van der Waals surface area contributed by atoms with E-state index in [-0.39, 0.29) is 19.1 Å². The number of benzene rings is 1. The molecule has 2 aromatic heterocycles. The third kappa shape index (κ3) is 6.23. The molecule has 1 aromatic carbocycles. The van der Waals surface area contributed by atoms with Crippen molar-refractivity contribution in [2.24, 2.45) is 0 Å². The number of aryl methyl sites for hydroxylation is 1. The molecule has 0 aliphatic rings. The van der Waals surface area contributed by atoms with Gasteiger partial charge in [0.15, 0.2) is 0 Å². The number of carbonyl (C=O) groups excluding carboxylic acids is 2. The van der Waals surface area contributed by atoms with Crippen LogP contribution in [0, 0.1) is 0 Å². The van der Waals surface area contributed by atoms with Crippen LogP contribution in [-0.4, -0.2) is 52.3 Å². The van der Waals surface area contributed by atoms with Crippen LogP contribution in [0.5, 0.6) is 0 Å². The molecule has 0 bridgehead atoms. The van der Waals surface area contributed by atoms with E-state index in [2.05, 4.69) is 20.5 Å². The summed E-state index contributed by atoms with van der Waals surface area (Å²) in [6.45, 7) is 0.351.